The molecule has 8 heteroatoms. The smallest absolute Gasteiger partial charge is 0.305 e. The lowest BCUT2D eigenvalue weighted by molar-refractivity contribution is -0.384. The second-order valence-electron chi connectivity index (χ2n) is 5.98. The number of carbonyl (C=O) groups is 2. The van der Waals surface area contributed by atoms with Gasteiger partial charge in [0.25, 0.3) is 11.6 Å². The zero-order valence-corrected chi connectivity index (χ0v) is 13.5. The molecule has 1 amide bonds. The van der Waals surface area contributed by atoms with Crippen LogP contribution in [0.1, 0.15) is 30.6 Å². The normalized spacial score (nSPS) is 11.0. The first-order chi connectivity index (χ1) is 11.3. The summed E-state index contributed by atoms with van der Waals surface area (Å²) in [4.78, 5) is 38.4. The molecule has 2 N–H and O–H groups in total. The largest absolute Gasteiger partial charge is 0.481 e. The number of benzene rings is 1. The van der Waals surface area contributed by atoms with E-state index >= 15 is 0 Å². The zero-order valence-electron chi connectivity index (χ0n) is 13.5. The number of nitrogens with one attached hydrogen (secondary N) is 1. The van der Waals surface area contributed by atoms with Gasteiger partial charge >= 0.3 is 5.97 Å². The van der Waals surface area contributed by atoms with Gasteiger partial charge in [-0.25, -0.2) is 0 Å². The van der Waals surface area contributed by atoms with Crippen molar-refractivity contribution in [2.75, 3.05) is 13.1 Å². The second-order valence-corrected chi connectivity index (χ2v) is 5.98. The van der Waals surface area contributed by atoms with Gasteiger partial charge in [0.1, 0.15) is 0 Å². The first-order valence-corrected chi connectivity index (χ1v) is 7.56. The number of hydrogen-bond donors (Lipinski definition) is 2. The number of aromatic nitrogens is 1. The molecular formula is C16H19N3O5. The van der Waals surface area contributed by atoms with Crippen LogP contribution in [0.15, 0.2) is 24.4 Å². The molecular weight excluding hydrogens is 314 g/mol. The van der Waals surface area contributed by atoms with Crippen molar-refractivity contribution in [3.05, 3.63) is 40.1 Å². The molecule has 1 aromatic heterocycles. The van der Waals surface area contributed by atoms with Crippen molar-refractivity contribution in [3.63, 3.8) is 0 Å². The maximum atomic E-state index is 12.8. The van der Waals surface area contributed by atoms with Gasteiger partial charge in [0.15, 0.2) is 0 Å². The fourth-order valence-corrected chi connectivity index (χ4v) is 2.52. The summed E-state index contributed by atoms with van der Waals surface area (Å²) in [6.07, 6.45) is 1.35. The highest BCUT2D eigenvalue weighted by Gasteiger charge is 2.22. The predicted molar refractivity (Wildman–Crippen MR) is 87.9 cm³/mol. The van der Waals surface area contributed by atoms with Crippen LogP contribution in [-0.2, 0) is 4.79 Å². The van der Waals surface area contributed by atoms with Crippen LogP contribution in [0.3, 0.4) is 0 Å². The molecule has 0 spiro atoms. The van der Waals surface area contributed by atoms with E-state index in [0.29, 0.717) is 23.0 Å². The fourth-order valence-electron chi connectivity index (χ4n) is 2.52. The molecule has 0 aliphatic heterocycles. The standard InChI is InChI=1S/C16H19N3O5/c1-10(2)9-18(6-5-15(20)21)16(22)13-8-17-14-4-3-11(19(23)24)7-12(13)14/h3-4,7-8,10,17H,5-6,9H2,1-2H3,(H,20,21). The number of H-pyrrole nitrogens is 1. The highest BCUT2D eigenvalue weighted by atomic mass is 16.6. The number of fused-ring (bicyclic) bond motifs is 1. The SMILES string of the molecule is CC(C)CN(CCC(=O)O)C(=O)c1c[nH]c2ccc([N+](=O)[O-])cc12. The van der Waals surface area contributed by atoms with Gasteiger partial charge in [0.2, 0.25) is 0 Å². The lowest BCUT2D eigenvalue weighted by Gasteiger charge is -2.23. The molecule has 0 atom stereocenters. The van der Waals surface area contributed by atoms with Gasteiger partial charge in [-0.15, -0.1) is 0 Å². The van der Waals surface area contributed by atoms with E-state index in [0.717, 1.165) is 0 Å². The van der Waals surface area contributed by atoms with E-state index in [-0.39, 0.29) is 30.5 Å². The quantitative estimate of drug-likeness (QED) is 0.597. The summed E-state index contributed by atoms with van der Waals surface area (Å²) in [5.74, 6) is -1.15. The van der Waals surface area contributed by atoms with Crippen LogP contribution in [-0.4, -0.2) is 44.9 Å². The molecule has 0 radical (unpaired) electrons. The van der Waals surface area contributed by atoms with E-state index in [4.69, 9.17) is 5.11 Å². The Balaban J connectivity index is 2.37. The Kier molecular flexibility index (Phi) is 5.18. The molecule has 2 rings (SSSR count). The summed E-state index contributed by atoms with van der Waals surface area (Å²) < 4.78 is 0. The van der Waals surface area contributed by atoms with E-state index in [1.165, 1.54) is 23.2 Å². The molecule has 8 nitrogen and oxygen atoms in total. The molecule has 0 unspecified atom stereocenters. The number of carboxylic acid groups (broad SMARTS) is 1. The fraction of sp³-hybridized carbons (Fsp3) is 0.375. The summed E-state index contributed by atoms with van der Waals surface area (Å²) in [5.41, 5.74) is 0.823. The molecule has 128 valence electrons. The molecule has 0 saturated heterocycles. The first-order valence-electron chi connectivity index (χ1n) is 7.56. The molecule has 2 aromatic rings. The Morgan fingerprint density at radius 2 is 2.08 bits per heavy atom. The summed E-state index contributed by atoms with van der Waals surface area (Å²) in [6.45, 7) is 4.36. The van der Waals surface area contributed by atoms with Gasteiger partial charge in [-0.1, -0.05) is 13.8 Å². The average molecular weight is 333 g/mol. The van der Waals surface area contributed by atoms with Crippen molar-refractivity contribution in [2.24, 2.45) is 5.92 Å². The summed E-state index contributed by atoms with van der Waals surface area (Å²) >= 11 is 0. The molecule has 0 fully saturated rings. The third kappa shape index (κ3) is 3.89. The van der Waals surface area contributed by atoms with Crippen molar-refractivity contribution in [3.8, 4) is 0 Å². The van der Waals surface area contributed by atoms with Crippen LogP contribution < -0.4 is 0 Å². The number of aromatic amines is 1. The number of carboxylic acids is 1. The van der Waals surface area contributed by atoms with E-state index in [1.807, 2.05) is 13.8 Å². The number of amides is 1. The monoisotopic (exact) mass is 333 g/mol. The maximum Gasteiger partial charge on any atom is 0.305 e. The Labute approximate surface area is 138 Å². The number of nitrogens with zero attached hydrogens (tertiary/aromatic N) is 2. The van der Waals surface area contributed by atoms with E-state index in [1.54, 1.807) is 6.07 Å². The summed E-state index contributed by atoms with van der Waals surface area (Å²) in [6, 6.07) is 4.27. The Morgan fingerprint density at radius 3 is 2.67 bits per heavy atom. The van der Waals surface area contributed by atoms with Crippen LogP contribution >= 0.6 is 0 Å². The highest BCUT2D eigenvalue weighted by Crippen LogP contribution is 2.25. The number of non-ortho nitro benzene ring substituents is 1. The Hall–Kier alpha value is -2.90. The Bertz CT molecular complexity index is 781. The molecule has 0 bridgehead atoms. The van der Waals surface area contributed by atoms with E-state index in [9.17, 15) is 19.7 Å². The van der Waals surface area contributed by atoms with Gasteiger partial charge in [0.05, 0.1) is 16.9 Å². The van der Waals surface area contributed by atoms with Gasteiger partial charge in [-0.3, -0.25) is 19.7 Å². The third-order valence-electron chi connectivity index (χ3n) is 3.57. The van der Waals surface area contributed by atoms with Crippen molar-refractivity contribution in [1.82, 2.24) is 9.88 Å². The van der Waals surface area contributed by atoms with Crippen LogP contribution in [0.5, 0.6) is 0 Å². The number of carbonyl (C=O) groups excluding carboxylic acids is 1. The summed E-state index contributed by atoms with van der Waals surface area (Å²) in [7, 11) is 0. The van der Waals surface area contributed by atoms with Gasteiger partial charge in [-0.05, 0) is 12.0 Å². The number of hydrogen-bond acceptors (Lipinski definition) is 4. The van der Waals surface area contributed by atoms with Crippen molar-refractivity contribution in [1.29, 1.82) is 0 Å². The van der Waals surface area contributed by atoms with Crippen molar-refractivity contribution < 1.29 is 19.6 Å². The van der Waals surface area contributed by atoms with Crippen LogP contribution in [0.4, 0.5) is 5.69 Å². The molecule has 24 heavy (non-hydrogen) atoms. The predicted octanol–water partition coefficient (Wildman–Crippen LogP) is 2.65. The molecule has 1 aromatic carbocycles. The van der Waals surface area contributed by atoms with E-state index in [2.05, 4.69) is 4.98 Å². The van der Waals surface area contributed by atoms with Gasteiger partial charge in [0, 0.05) is 42.3 Å². The summed E-state index contributed by atoms with van der Waals surface area (Å²) in [5, 5.41) is 20.3. The van der Waals surface area contributed by atoms with Gasteiger partial charge < -0.3 is 15.0 Å². The minimum absolute atomic E-state index is 0.0912. The number of nitro benzene ring substituents is 1. The molecule has 1 heterocycles. The lowest BCUT2D eigenvalue weighted by Crippen LogP contribution is -2.35. The topological polar surface area (TPSA) is 117 Å². The highest BCUT2D eigenvalue weighted by molar-refractivity contribution is 6.07. The lowest BCUT2D eigenvalue weighted by atomic mass is 10.1. The minimum Gasteiger partial charge on any atom is -0.481 e. The van der Waals surface area contributed by atoms with Crippen LogP contribution in [0.25, 0.3) is 10.9 Å². The number of aliphatic carboxylic acids is 1. The second kappa shape index (κ2) is 7.12. The molecule has 0 aliphatic carbocycles. The van der Waals surface area contributed by atoms with Crippen LogP contribution in [0.2, 0.25) is 0 Å². The maximum absolute atomic E-state index is 12.8. The van der Waals surface area contributed by atoms with Crippen molar-refractivity contribution in [2.45, 2.75) is 20.3 Å². The first kappa shape index (κ1) is 17.5. The molecule has 0 saturated carbocycles. The van der Waals surface area contributed by atoms with Crippen molar-refractivity contribution >= 4 is 28.5 Å². The van der Waals surface area contributed by atoms with E-state index < -0.39 is 10.9 Å². The zero-order chi connectivity index (χ0) is 17.9. The Morgan fingerprint density at radius 1 is 1.38 bits per heavy atom. The van der Waals surface area contributed by atoms with Crippen LogP contribution in [0, 0.1) is 16.0 Å². The minimum atomic E-state index is -0.980. The number of nitro groups is 1. The molecule has 0 aliphatic rings. The third-order valence-corrected chi connectivity index (χ3v) is 3.57. The van der Waals surface area contributed by atoms with Gasteiger partial charge in [-0.2, -0.15) is 0 Å². The number of rotatable bonds is 7. The average Bonchev–Trinajstić information content (AvgIpc) is 2.93.